The predicted molar refractivity (Wildman–Crippen MR) is 123 cm³/mol. The summed E-state index contributed by atoms with van der Waals surface area (Å²) in [7, 11) is 1.75. The Hall–Kier alpha value is -3.40. The maximum absolute atomic E-state index is 13.1. The number of hydrogen-bond donors (Lipinski definition) is 4. The molecule has 3 aromatic heterocycles. The zero-order valence-electron chi connectivity index (χ0n) is 18.2. The lowest BCUT2D eigenvalue weighted by molar-refractivity contribution is 0.0952. The molecule has 1 fully saturated rings. The molecule has 4 N–H and O–H groups in total. The second kappa shape index (κ2) is 9.82. The molecule has 0 radical (unpaired) electrons. The molecule has 10 nitrogen and oxygen atoms in total. The number of hydrogen-bond acceptors (Lipinski definition) is 7. The van der Waals surface area contributed by atoms with Crippen LogP contribution in [0, 0.1) is 0 Å². The molecule has 10 heteroatoms. The number of carbonyl (C=O) groups excluding carboxylic acids is 1. The minimum absolute atomic E-state index is 0.000716. The van der Waals surface area contributed by atoms with Crippen molar-refractivity contribution in [3.8, 4) is 0 Å². The molecule has 0 spiro atoms. The van der Waals surface area contributed by atoms with Gasteiger partial charge in [-0.3, -0.25) is 9.59 Å². The molecular weight excluding hydrogens is 410 g/mol. The Morgan fingerprint density at radius 1 is 1.28 bits per heavy atom. The van der Waals surface area contributed by atoms with E-state index in [1.54, 1.807) is 19.2 Å². The summed E-state index contributed by atoms with van der Waals surface area (Å²) in [5, 5.41) is 22.1. The Morgan fingerprint density at radius 2 is 2.09 bits per heavy atom. The van der Waals surface area contributed by atoms with E-state index in [0.717, 1.165) is 25.7 Å². The fraction of sp³-hybridized carbons (Fsp3) is 0.455. The number of carbonyl (C=O) groups is 1. The minimum Gasteiger partial charge on any atom is -0.396 e. The molecule has 0 bridgehead atoms. The quantitative estimate of drug-likeness (QED) is 0.397. The van der Waals surface area contributed by atoms with Crippen molar-refractivity contribution in [1.82, 2.24) is 24.5 Å². The highest BCUT2D eigenvalue weighted by Gasteiger charge is 2.19. The van der Waals surface area contributed by atoms with Crippen LogP contribution in [0.5, 0.6) is 0 Å². The van der Waals surface area contributed by atoms with Crippen LogP contribution < -0.4 is 21.5 Å². The smallest absolute Gasteiger partial charge is 0.274 e. The van der Waals surface area contributed by atoms with E-state index < -0.39 is 0 Å². The van der Waals surface area contributed by atoms with Gasteiger partial charge >= 0.3 is 0 Å². The Bertz CT molecular complexity index is 1150. The summed E-state index contributed by atoms with van der Waals surface area (Å²) >= 11 is 0. The third kappa shape index (κ3) is 4.45. The van der Waals surface area contributed by atoms with Crippen molar-refractivity contribution in [2.75, 3.05) is 30.8 Å². The number of aliphatic hydroxyl groups excluding tert-OH is 1. The molecule has 1 saturated carbocycles. The first-order valence-corrected chi connectivity index (χ1v) is 11.1. The number of nitrogens with zero attached hydrogens (tertiary/aromatic N) is 4. The topological polar surface area (TPSA) is 126 Å². The first kappa shape index (κ1) is 21.8. The Morgan fingerprint density at radius 3 is 2.84 bits per heavy atom. The zero-order chi connectivity index (χ0) is 22.5. The Balaban J connectivity index is 1.65. The van der Waals surface area contributed by atoms with Gasteiger partial charge < -0.3 is 25.6 Å². The average molecular weight is 440 g/mol. The van der Waals surface area contributed by atoms with Crippen LogP contribution in [0.15, 0.2) is 35.4 Å². The van der Waals surface area contributed by atoms with Gasteiger partial charge in [0, 0.05) is 38.5 Å². The summed E-state index contributed by atoms with van der Waals surface area (Å²) in [6.07, 6.45) is 9.32. The fourth-order valence-electron chi connectivity index (χ4n) is 4.13. The lowest BCUT2D eigenvalue weighted by Gasteiger charge is -2.24. The molecule has 0 atom stereocenters. The van der Waals surface area contributed by atoms with Crippen LogP contribution in [0.1, 0.15) is 54.9 Å². The van der Waals surface area contributed by atoms with E-state index in [1.165, 1.54) is 17.1 Å². The van der Waals surface area contributed by atoms with Gasteiger partial charge in [-0.2, -0.15) is 9.61 Å². The molecule has 3 aromatic rings. The monoisotopic (exact) mass is 439 g/mol. The van der Waals surface area contributed by atoms with E-state index in [9.17, 15) is 9.59 Å². The summed E-state index contributed by atoms with van der Waals surface area (Å²) in [6, 6.07) is 5.58. The van der Waals surface area contributed by atoms with Crippen molar-refractivity contribution in [3.63, 3.8) is 0 Å². The van der Waals surface area contributed by atoms with Gasteiger partial charge in [0.2, 0.25) is 0 Å². The Kier molecular flexibility index (Phi) is 6.69. The predicted octanol–water partition coefficient (Wildman–Crippen LogP) is 2.29. The summed E-state index contributed by atoms with van der Waals surface area (Å²) in [5.74, 6) is 0.736. The van der Waals surface area contributed by atoms with Gasteiger partial charge in [-0.15, -0.1) is 0 Å². The molecule has 0 saturated heterocycles. The highest BCUT2D eigenvalue weighted by atomic mass is 16.3. The van der Waals surface area contributed by atoms with Crippen molar-refractivity contribution in [2.45, 2.75) is 44.6 Å². The van der Waals surface area contributed by atoms with Gasteiger partial charge in [0.15, 0.2) is 5.65 Å². The van der Waals surface area contributed by atoms with Crippen LogP contribution in [-0.2, 0) is 0 Å². The summed E-state index contributed by atoms with van der Waals surface area (Å²) < 4.78 is 3.36. The van der Waals surface area contributed by atoms with Crippen LogP contribution in [-0.4, -0.2) is 50.4 Å². The highest BCUT2D eigenvalue weighted by molar-refractivity contribution is 6.00. The number of pyridine rings is 1. The zero-order valence-corrected chi connectivity index (χ0v) is 18.2. The molecule has 3 heterocycles. The van der Waals surface area contributed by atoms with Gasteiger partial charge in [0.25, 0.3) is 11.5 Å². The molecule has 1 aliphatic rings. The van der Waals surface area contributed by atoms with Crippen LogP contribution >= 0.6 is 0 Å². The number of anilines is 3. The van der Waals surface area contributed by atoms with E-state index in [4.69, 9.17) is 5.11 Å². The lowest BCUT2D eigenvalue weighted by Crippen LogP contribution is -2.27. The number of rotatable bonds is 8. The third-order valence-corrected chi connectivity index (χ3v) is 5.80. The maximum atomic E-state index is 13.1. The van der Waals surface area contributed by atoms with E-state index in [0.29, 0.717) is 41.5 Å². The van der Waals surface area contributed by atoms with Crippen LogP contribution in [0.4, 0.5) is 17.3 Å². The van der Waals surface area contributed by atoms with Gasteiger partial charge in [-0.05, 0) is 31.4 Å². The van der Waals surface area contributed by atoms with Crippen LogP contribution in [0.25, 0.3) is 5.65 Å². The van der Waals surface area contributed by atoms with Crippen LogP contribution in [0.2, 0.25) is 0 Å². The molecule has 1 aliphatic carbocycles. The molecule has 1 amide bonds. The van der Waals surface area contributed by atoms with Crippen molar-refractivity contribution in [2.24, 2.45) is 0 Å². The molecule has 32 heavy (non-hydrogen) atoms. The van der Waals surface area contributed by atoms with E-state index in [2.05, 4.69) is 26.0 Å². The van der Waals surface area contributed by atoms with E-state index in [-0.39, 0.29) is 24.1 Å². The molecule has 170 valence electrons. The van der Waals surface area contributed by atoms with E-state index >= 15 is 0 Å². The maximum Gasteiger partial charge on any atom is 0.274 e. The second-order valence-electron chi connectivity index (χ2n) is 7.95. The van der Waals surface area contributed by atoms with E-state index in [1.807, 2.05) is 16.8 Å². The number of aromatic nitrogens is 4. The lowest BCUT2D eigenvalue weighted by atomic mass is 9.95. The standard InChI is InChI=1S/C22H29N7O3/c1-23-19-13-18(27-20-16(14-25-29(19)20)21(31)24-10-6-12-30)26-17-9-5-11-28(22(17)32)15-7-3-2-4-8-15/h5,9,11,13-15,23,30H,2-4,6-8,10,12H2,1H3,(H,24,31)(H,26,27). The number of amides is 1. The summed E-state index contributed by atoms with van der Waals surface area (Å²) in [4.78, 5) is 30.2. The summed E-state index contributed by atoms with van der Waals surface area (Å²) in [6.45, 7) is 0.356. The van der Waals surface area contributed by atoms with Crippen molar-refractivity contribution in [3.05, 3.63) is 46.5 Å². The number of aliphatic hydroxyl groups is 1. The molecular formula is C22H29N7O3. The molecule has 0 aliphatic heterocycles. The van der Waals surface area contributed by atoms with Crippen LogP contribution in [0.3, 0.4) is 0 Å². The van der Waals surface area contributed by atoms with Gasteiger partial charge in [-0.1, -0.05) is 19.3 Å². The van der Waals surface area contributed by atoms with Crippen molar-refractivity contribution in [1.29, 1.82) is 0 Å². The van der Waals surface area contributed by atoms with Gasteiger partial charge in [0.05, 0.1) is 6.20 Å². The van der Waals surface area contributed by atoms with Crippen molar-refractivity contribution >= 4 is 28.9 Å². The normalized spacial score (nSPS) is 14.4. The van der Waals surface area contributed by atoms with Gasteiger partial charge in [-0.25, -0.2) is 4.98 Å². The largest absolute Gasteiger partial charge is 0.396 e. The van der Waals surface area contributed by atoms with Gasteiger partial charge in [0.1, 0.15) is 22.9 Å². The second-order valence-corrected chi connectivity index (χ2v) is 7.95. The summed E-state index contributed by atoms with van der Waals surface area (Å²) in [5.41, 5.74) is 1.04. The van der Waals surface area contributed by atoms with Crippen molar-refractivity contribution < 1.29 is 9.90 Å². The molecule has 0 unspecified atom stereocenters. The first-order valence-electron chi connectivity index (χ1n) is 11.1. The Labute approximate surface area is 185 Å². The SMILES string of the molecule is CNc1cc(Nc2cccn(C3CCCCC3)c2=O)nc2c(C(=O)NCCCO)cnn12. The average Bonchev–Trinajstić information content (AvgIpc) is 3.25. The fourth-order valence-corrected chi connectivity index (χ4v) is 4.13. The molecule has 4 rings (SSSR count). The number of nitrogens with one attached hydrogen (secondary N) is 3. The number of fused-ring (bicyclic) bond motifs is 1. The third-order valence-electron chi connectivity index (χ3n) is 5.80. The first-order chi connectivity index (χ1) is 15.6. The highest BCUT2D eigenvalue weighted by Crippen LogP contribution is 2.27. The molecule has 0 aromatic carbocycles. The minimum atomic E-state index is -0.320.